The lowest BCUT2D eigenvalue weighted by molar-refractivity contribution is 0.0683. The van der Waals surface area contributed by atoms with E-state index in [1.54, 1.807) is 24.2 Å². The Morgan fingerprint density at radius 3 is 3.04 bits per heavy atom. The maximum atomic E-state index is 13.0. The van der Waals surface area contributed by atoms with Crippen LogP contribution in [0.3, 0.4) is 0 Å². The average molecular weight is 416 g/mol. The Balaban J connectivity index is 1.36. The normalized spacial score (nSPS) is 19.9. The molecule has 0 spiro atoms. The van der Waals surface area contributed by atoms with Crippen LogP contribution >= 0.6 is 23.1 Å². The van der Waals surface area contributed by atoms with Gasteiger partial charge in [-0.15, -0.1) is 5.10 Å². The third-order valence-electron chi connectivity index (χ3n) is 5.21. The Morgan fingerprint density at radius 1 is 1.32 bits per heavy atom. The molecular formula is C19H21N5O2S2. The molecule has 1 fully saturated rings. The van der Waals surface area contributed by atoms with Gasteiger partial charge in [-0.2, -0.15) is 4.52 Å². The van der Waals surface area contributed by atoms with E-state index in [-0.39, 0.29) is 5.56 Å². The minimum atomic E-state index is -0.0240. The van der Waals surface area contributed by atoms with Gasteiger partial charge in [0.15, 0.2) is 4.34 Å². The number of hydrogen-bond acceptors (Lipinski definition) is 8. The molecule has 9 heteroatoms. The van der Waals surface area contributed by atoms with Crippen LogP contribution in [0.4, 0.5) is 0 Å². The molecule has 2 aliphatic heterocycles. The van der Waals surface area contributed by atoms with Gasteiger partial charge in [-0.1, -0.05) is 23.1 Å². The fraction of sp³-hybridized carbons (Fsp3) is 0.474. The van der Waals surface area contributed by atoms with Crippen LogP contribution < -0.4 is 5.56 Å². The first-order valence-corrected chi connectivity index (χ1v) is 11.3. The largest absolute Gasteiger partial charge is 0.377 e. The van der Waals surface area contributed by atoms with Gasteiger partial charge in [0.25, 0.3) is 5.56 Å². The van der Waals surface area contributed by atoms with Gasteiger partial charge in [0.05, 0.1) is 17.4 Å². The maximum Gasteiger partial charge on any atom is 0.279 e. The van der Waals surface area contributed by atoms with Crippen LogP contribution in [0.2, 0.25) is 0 Å². The maximum absolute atomic E-state index is 13.0. The standard InChI is InChI=1S/C19H21N5O2S2/c25-17-15-11-23(10-14-2-1-9-26-14)8-5-16(15)21-18-24(17)22-19(28-18)27-12-13-3-6-20-7-4-13/h3-4,6-7,14H,1-2,5,8-12H2/t14-/m0/s1. The number of nitrogens with zero attached hydrogens (tertiary/aromatic N) is 5. The molecule has 0 radical (unpaired) electrons. The first-order valence-electron chi connectivity index (χ1n) is 9.53. The summed E-state index contributed by atoms with van der Waals surface area (Å²) in [5.74, 6) is 0.798. The van der Waals surface area contributed by atoms with E-state index in [0.717, 1.165) is 60.3 Å². The van der Waals surface area contributed by atoms with Crippen molar-refractivity contribution in [1.29, 1.82) is 0 Å². The third kappa shape index (κ3) is 3.71. The van der Waals surface area contributed by atoms with Gasteiger partial charge >= 0.3 is 0 Å². The van der Waals surface area contributed by atoms with Crippen molar-refractivity contribution in [2.45, 2.75) is 42.0 Å². The molecule has 0 aromatic carbocycles. The fourth-order valence-electron chi connectivity index (χ4n) is 3.75. The smallest absolute Gasteiger partial charge is 0.279 e. The van der Waals surface area contributed by atoms with E-state index in [1.165, 1.54) is 21.4 Å². The molecular weight excluding hydrogens is 394 g/mol. The van der Waals surface area contributed by atoms with Crippen LogP contribution in [0.5, 0.6) is 0 Å². The van der Waals surface area contributed by atoms with E-state index >= 15 is 0 Å². The van der Waals surface area contributed by atoms with Crippen LogP contribution in [-0.2, 0) is 23.5 Å². The number of hydrogen-bond donors (Lipinski definition) is 0. The summed E-state index contributed by atoms with van der Waals surface area (Å²) >= 11 is 3.11. The average Bonchev–Trinajstić information content (AvgIpc) is 3.38. The summed E-state index contributed by atoms with van der Waals surface area (Å²) in [5, 5.41) is 4.53. The van der Waals surface area contributed by atoms with E-state index in [1.807, 2.05) is 12.1 Å². The van der Waals surface area contributed by atoms with Gasteiger partial charge in [0.2, 0.25) is 4.96 Å². The molecule has 146 valence electrons. The van der Waals surface area contributed by atoms with E-state index in [4.69, 9.17) is 9.72 Å². The summed E-state index contributed by atoms with van der Waals surface area (Å²) in [5.41, 5.74) is 2.88. The van der Waals surface area contributed by atoms with E-state index in [0.29, 0.717) is 17.6 Å². The molecule has 1 saturated heterocycles. The van der Waals surface area contributed by atoms with Crippen LogP contribution in [-0.4, -0.2) is 50.3 Å². The van der Waals surface area contributed by atoms with Gasteiger partial charge in [0.1, 0.15) is 0 Å². The SMILES string of the molecule is O=c1c2c(nc3sc(SCc4ccncc4)nn13)CCN(C[C@@H]1CCCO1)C2. The minimum Gasteiger partial charge on any atom is -0.377 e. The number of pyridine rings is 1. The molecule has 3 aromatic heterocycles. The summed E-state index contributed by atoms with van der Waals surface area (Å²) in [6, 6.07) is 3.98. The van der Waals surface area contributed by atoms with Crippen molar-refractivity contribution in [1.82, 2.24) is 24.5 Å². The summed E-state index contributed by atoms with van der Waals surface area (Å²) in [7, 11) is 0. The zero-order valence-electron chi connectivity index (χ0n) is 15.4. The Labute approximate surface area is 170 Å². The highest BCUT2D eigenvalue weighted by Crippen LogP contribution is 2.27. The van der Waals surface area contributed by atoms with Crippen molar-refractivity contribution < 1.29 is 4.74 Å². The molecule has 0 saturated carbocycles. The Hall–Kier alpha value is -1.81. The number of ether oxygens (including phenoxy) is 1. The second-order valence-electron chi connectivity index (χ2n) is 7.17. The Morgan fingerprint density at radius 2 is 2.21 bits per heavy atom. The molecule has 0 aliphatic carbocycles. The van der Waals surface area contributed by atoms with Gasteiger partial charge in [-0.25, -0.2) is 4.98 Å². The van der Waals surface area contributed by atoms with E-state index < -0.39 is 0 Å². The lowest BCUT2D eigenvalue weighted by Gasteiger charge is -2.29. The van der Waals surface area contributed by atoms with Crippen LogP contribution in [0.1, 0.15) is 29.7 Å². The predicted octanol–water partition coefficient (Wildman–Crippen LogP) is 2.38. The number of rotatable bonds is 5. The van der Waals surface area contributed by atoms with Crippen molar-refractivity contribution in [2.75, 3.05) is 19.7 Å². The van der Waals surface area contributed by atoms with Crippen LogP contribution in [0.15, 0.2) is 33.7 Å². The highest BCUT2D eigenvalue weighted by molar-refractivity contribution is 8.00. The van der Waals surface area contributed by atoms with Gasteiger partial charge in [-0.05, 0) is 30.5 Å². The summed E-state index contributed by atoms with van der Waals surface area (Å²) < 4.78 is 8.09. The zero-order chi connectivity index (χ0) is 18.9. The van der Waals surface area contributed by atoms with Crippen molar-refractivity contribution in [3.8, 4) is 0 Å². The van der Waals surface area contributed by atoms with E-state index in [9.17, 15) is 4.79 Å². The highest BCUT2D eigenvalue weighted by Gasteiger charge is 2.26. The molecule has 0 amide bonds. The Kier molecular flexibility index (Phi) is 5.15. The lowest BCUT2D eigenvalue weighted by atomic mass is 10.1. The molecule has 0 unspecified atom stereocenters. The summed E-state index contributed by atoms with van der Waals surface area (Å²) in [6.07, 6.45) is 6.94. The Bertz CT molecular complexity index is 1030. The van der Waals surface area contributed by atoms with Crippen molar-refractivity contribution in [2.24, 2.45) is 0 Å². The highest BCUT2D eigenvalue weighted by atomic mass is 32.2. The quantitative estimate of drug-likeness (QED) is 0.593. The molecule has 5 heterocycles. The van der Waals surface area contributed by atoms with Crippen molar-refractivity contribution >= 4 is 28.1 Å². The fourth-order valence-corrected chi connectivity index (χ4v) is 5.65. The summed E-state index contributed by atoms with van der Waals surface area (Å²) in [6.45, 7) is 3.32. The van der Waals surface area contributed by atoms with Gasteiger partial charge in [-0.3, -0.25) is 14.7 Å². The molecule has 1 atom stereocenters. The molecule has 0 bridgehead atoms. The van der Waals surface area contributed by atoms with Gasteiger partial charge in [0, 0.05) is 50.8 Å². The van der Waals surface area contributed by atoms with Crippen molar-refractivity contribution in [3.05, 3.63) is 51.7 Å². The number of fused-ring (bicyclic) bond motifs is 2. The second kappa shape index (κ2) is 7.90. The monoisotopic (exact) mass is 415 g/mol. The summed E-state index contributed by atoms with van der Waals surface area (Å²) in [4.78, 5) is 24.8. The first-order chi connectivity index (χ1) is 13.8. The molecule has 2 aliphatic rings. The molecule has 3 aromatic rings. The second-order valence-corrected chi connectivity index (χ2v) is 9.35. The third-order valence-corrected chi connectivity index (χ3v) is 7.33. The lowest BCUT2D eigenvalue weighted by Crippen LogP contribution is -2.40. The van der Waals surface area contributed by atoms with Crippen molar-refractivity contribution in [3.63, 3.8) is 0 Å². The zero-order valence-corrected chi connectivity index (χ0v) is 17.0. The molecule has 5 rings (SSSR count). The van der Waals surface area contributed by atoms with Crippen LogP contribution in [0.25, 0.3) is 4.96 Å². The first kappa shape index (κ1) is 18.2. The molecule has 0 N–H and O–H groups in total. The molecule has 28 heavy (non-hydrogen) atoms. The van der Waals surface area contributed by atoms with Gasteiger partial charge < -0.3 is 4.74 Å². The minimum absolute atomic E-state index is 0.0240. The topological polar surface area (TPSA) is 72.6 Å². The molecule has 7 nitrogen and oxygen atoms in total. The van der Waals surface area contributed by atoms with Crippen LogP contribution in [0, 0.1) is 0 Å². The number of aromatic nitrogens is 4. The number of thioether (sulfide) groups is 1. The van der Waals surface area contributed by atoms with E-state index in [2.05, 4.69) is 15.0 Å². The predicted molar refractivity (Wildman–Crippen MR) is 109 cm³/mol.